The molecule has 1 atom stereocenters. The first kappa shape index (κ1) is 22.3. The normalized spacial score (nSPS) is 17.6. The molecule has 1 aromatic heterocycles. The number of carbonyl (C=O) groups excluding carboxylic acids is 1. The summed E-state index contributed by atoms with van der Waals surface area (Å²) in [6.45, 7) is 5.48. The van der Waals surface area contributed by atoms with Crippen molar-refractivity contribution in [1.29, 1.82) is 0 Å². The van der Waals surface area contributed by atoms with E-state index in [2.05, 4.69) is 19.8 Å². The van der Waals surface area contributed by atoms with Gasteiger partial charge in [-0.2, -0.15) is 0 Å². The standard InChI is InChI=1S/C25H27N5O3S/c1-17-14-20-16-22(8-10-24(20)30(17)18(2)31)34(32,33)28-21-7-5-6-19(15-21)23-9-11-25(27-26-23)29-12-3-4-13-29/h5-11,15-17,28H,3-4,12-14H2,1-2H3. The van der Waals surface area contributed by atoms with Crippen molar-refractivity contribution in [2.75, 3.05) is 27.6 Å². The third kappa shape index (κ3) is 4.23. The third-order valence-electron chi connectivity index (χ3n) is 6.41. The van der Waals surface area contributed by atoms with E-state index in [1.54, 1.807) is 41.3 Å². The van der Waals surface area contributed by atoms with Crippen molar-refractivity contribution < 1.29 is 13.2 Å². The summed E-state index contributed by atoms with van der Waals surface area (Å²) >= 11 is 0. The molecule has 2 aliphatic heterocycles. The fourth-order valence-corrected chi connectivity index (χ4v) is 5.90. The lowest BCUT2D eigenvalue weighted by molar-refractivity contribution is -0.116. The molecule has 0 saturated carbocycles. The van der Waals surface area contributed by atoms with Crippen LogP contribution in [-0.4, -0.2) is 43.7 Å². The summed E-state index contributed by atoms with van der Waals surface area (Å²) in [6.07, 6.45) is 2.97. The summed E-state index contributed by atoms with van der Waals surface area (Å²) in [6, 6.07) is 15.9. The monoisotopic (exact) mass is 477 g/mol. The van der Waals surface area contributed by atoms with Gasteiger partial charge < -0.3 is 9.80 Å². The van der Waals surface area contributed by atoms with Crippen molar-refractivity contribution in [2.24, 2.45) is 0 Å². The maximum atomic E-state index is 13.1. The SMILES string of the molecule is CC(=O)N1c2ccc(S(=O)(=O)Nc3cccc(-c4ccc(N5CCCC5)nn4)c3)cc2CC1C. The van der Waals surface area contributed by atoms with Crippen molar-refractivity contribution in [2.45, 2.75) is 44.0 Å². The molecule has 0 radical (unpaired) electrons. The number of carbonyl (C=O) groups is 1. The molecule has 3 aromatic rings. The maximum Gasteiger partial charge on any atom is 0.261 e. The number of nitrogens with zero attached hydrogens (tertiary/aromatic N) is 4. The van der Waals surface area contributed by atoms with Crippen LogP contribution >= 0.6 is 0 Å². The Bertz CT molecular complexity index is 1330. The predicted molar refractivity (Wildman–Crippen MR) is 132 cm³/mol. The van der Waals surface area contributed by atoms with E-state index in [4.69, 9.17) is 0 Å². The molecule has 176 valence electrons. The highest BCUT2D eigenvalue weighted by molar-refractivity contribution is 7.92. The molecule has 3 heterocycles. The smallest absolute Gasteiger partial charge is 0.261 e. The molecule has 1 amide bonds. The highest BCUT2D eigenvalue weighted by atomic mass is 32.2. The highest BCUT2D eigenvalue weighted by Gasteiger charge is 2.30. The van der Waals surface area contributed by atoms with Gasteiger partial charge in [0, 0.05) is 43.0 Å². The minimum atomic E-state index is -3.80. The molecule has 34 heavy (non-hydrogen) atoms. The Balaban J connectivity index is 1.36. The van der Waals surface area contributed by atoms with Gasteiger partial charge in [0.25, 0.3) is 10.0 Å². The second kappa shape index (κ2) is 8.72. The van der Waals surface area contributed by atoms with Crippen LogP contribution in [0.5, 0.6) is 0 Å². The van der Waals surface area contributed by atoms with Gasteiger partial charge in [-0.05, 0) is 74.2 Å². The molecule has 2 aliphatic rings. The Morgan fingerprint density at radius 1 is 1.03 bits per heavy atom. The molecule has 1 saturated heterocycles. The summed E-state index contributed by atoms with van der Waals surface area (Å²) in [5, 5.41) is 8.71. The van der Waals surface area contributed by atoms with E-state index < -0.39 is 10.0 Å². The first-order valence-electron chi connectivity index (χ1n) is 11.5. The zero-order valence-corrected chi connectivity index (χ0v) is 20.0. The summed E-state index contributed by atoms with van der Waals surface area (Å²) in [7, 11) is -3.80. The molecule has 1 unspecified atom stereocenters. The molecule has 8 nitrogen and oxygen atoms in total. The Morgan fingerprint density at radius 3 is 2.53 bits per heavy atom. The van der Waals surface area contributed by atoms with E-state index in [1.165, 1.54) is 19.8 Å². The lowest BCUT2D eigenvalue weighted by Gasteiger charge is -2.20. The van der Waals surface area contributed by atoms with Crippen molar-refractivity contribution in [3.63, 3.8) is 0 Å². The fourth-order valence-electron chi connectivity index (χ4n) is 4.80. The second-order valence-electron chi connectivity index (χ2n) is 8.89. The first-order chi connectivity index (χ1) is 16.3. The average molecular weight is 478 g/mol. The van der Waals surface area contributed by atoms with Crippen LogP contribution in [0.4, 0.5) is 17.2 Å². The summed E-state index contributed by atoms with van der Waals surface area (Å²) < 4.78 is 28.9. The Kier molecular flexibility index (Phi) is 5.73. The Morgan fingerprint density at radius 2 is 1.82 bits per heavy atom. The molecule has 0 aliphatic carbocycles. The number of benzene rings is 2. The lowest BCUT2D eigenvalue weighted by atomic mass is 10.1. The van der Waals surface area contributed by atoms with Gasteiger partial charge in [-0.25, -0.2) is 8.42 Å². The summed E-state index contributed by atoms with van der Waals surface area (Å²) in [5.41, 5.74) is 3.53. The van der Waals surface area contributed by atoms with Crippen LogP contribution in [0.15, 0.2) is 59.5 Å². The summed E-state index contributed by atoms with van der Waals surface area (Å²) in [5.74, 6) is 0.820. The number of amides is 1. The van der Waals surface area contributed by atoms with E-state index >= 15 is 0 Å². The Labute approximate surface area is 199 Å². The zero-order valence-electron chi connectivity index (χ0n) is 19.2. The molecule has 1 N–H and O–H groups in total. The van der Waals surface area contributed by atoms with Crippen LogP contribution in [0, 0.1) is 0 Å². The van der Waals surface area contributed by atoms with Gasteiger partial charge in [0.2, 0.25) is 5.91 Å². The highest BCUT2D eigenvalue weighted by Crippen LogP contribution is 2.34. The van der Waals surface area contributed by atoms with Crippen molar-refractivity contribution in [1.82, 2.24) is 10.2 Å². The van der Waals surface area contributed by atoms with Crippen molar-refractivity contribution in [3.8, 4) is 11.3 Å². The largest absolute Gasteiger partial charge is 0.355 e. The van der Waals surface area contributed by atoms with E-state index in [1.807, 2.05) is 25.1 Å². The molecule has 2 aromatic carbocycles. The summed E-state index contributed by atoms with van der Waals surface area (Å²) in [4.78, 5) is 16.1. The predicted octanol–water partition coefficient (Wildman–Crippen LogP) is 3.84. The molecule has 1 fully saturated rings. The van der Waals surface area contributed by atoms with Crippen LogP contribution in [0.3, 0.4) is 0 Å². The van der Waals surface area contributed by atoms with Crippen LogP contribution < -0.4 is 14.5 Å². The number of aromatic nitrogens is 2. The number of sulfonamides is 1. The zero-order chi connectivity index (χ0) is 23.9. The fraction of sp³-hybridized carbons (Fsp3) is 0.320. The van der Waals surface area contributed by atoms with Crippen LogP contribution in [0.1, 0.15) is 32.3 Å². The van der Waals surface area contributed by atoms with E-state index in [0.717, 1.165) is 35.7 Å². The van der Waals surface area contributed by atoms with E-state index in [9.17, 15) is 13.2 Å². The van der Waals surface area contributed by atoms with Gasteiger partial charge in [-0.15, -0.1) is 10.2 Å². The number of hydrogen-bond donors (Lipinski definition) is 1. The van der Waals surface area contributed by atoms with Gasteiger partial charge >= 0.3 is 0 Å². The molecular formula is C25H27N5O3S. The number of anilines is 3. The first-order valence-corrected chi connectivity index (χ1v) is 12.9. The van der Waals surface area contributed by atoms with Gasteiger partial charge in [-0.1, -0.05) is 12.1 Å². The van der Waals surface area contributed by atoms with Crippen LogP contribution in [-0.2, 0) is 21.2 Å². The third-order valence-corrected chi connectivity index (χ3v) is 7.79. The molecule has 5 rings (SSSR count). The van der Waals surface area contributed by atoms with Crippen LogP contribution in [0.25, 0.3) is 11.3 Å². The van der Waals surface area contributed by atoms with Gasteiger partial charge in [-0.3, -0.25) is 9.52 Å². The number of fused-ring (bicyclic) bond motifs is 1. The number of hydrogen-bond acceptors (Lipinski definition) is 6. The Hall–Kier alpha value is -3.46. The van der Waals surface area contributed by atoms with Gasteiger partial charge in [0.1, 0.15) is 0 Å². The quantitative estimate of drug-likeness (QED) is 0.600. The lowest BCUT2D eigenvalue weighted by Crippen LogP contribution is -2.33. The maximum absolute atomic E-state index is 13.1. The molecule has 9 heteroatoms. The molecular weight excluding hydrogens is 450 g/mol. The van der Waals surface area contributed by atoms with Crippen molar-refractivity contribution >= 4 is 33.1 Å². The minimum absolute atomic E-state index is 0.00746. The van der Waals surface area contributed by atoms with E-state index in [-0.39, 0.29) is 16.8 Å². The minimum Gasteiger partial charge on any atom is -0.355 e. The van der Waals surface area contributed by atoms with Gasteiger partial charge in [0.15, 0.2) is 5.82 Å². The van der Waals surface area contributed by atoms with E-state index in [0.29, 0.717) is 17.8 Å². The second-order valence-corrected chi connectivity index (χ2v) is 10.6. The molecule has 0 bridgehead atoms. The molecule has 0 spiro atoms. The van der Waals surface area contributed by atoms with Crippen LogP contribution in [0.2, 0.25) is 0 Å². The average Bonchev–Trinajstić information content (AvgIpc) is 3.46. The number of nitrogens with one attached hydrogen (secondary N) is 1. The number of rotatable bonds is 5. The van der Waals surface area contributed by atoms with Gasteiger partial charge in [0.05, 0.1) is 10.6 Å². The van der Waals surface area contributed by atoms with Crippen molar-refractivity contribution in [3.05, 3.63) is 60.2 Å². The topological polar surface area (TPSA) is 95.5 Å².